The van der Waals surface area contributed by atoms with E-state index in [0.717, 1.165) is 142 Å². The van der Waals surface area contributed by atoms with Crippen LogP contribution in [-0.2, 0) is 23.8 Å². The molecule has 1 amide bonds. The summed E-state index contributed by atoms with van der Waals surface area (Å²) in [6.07, 6.45) is 1.51. The monoisotopic (exact) mass is 1900 g/mol. The molecule has 11 N–H and O–H groups in total. The molecule has 8 aliphatic heterocycles. The van der Waals surface area contributed by atoms with E-state index in [2.05, 4.69) is 256 Å². The van der Waals surface area contributed by atoms with E-state index in [0.29, 0.717) is 51.2 Å². The molecule has 3 fully saturated rings. The van der Waals surface area contributed by atoms with Gasteiger partial charge in [-0.05, 0) is 114 Å². The number of carboxylic acid groups (broad SMARTS) is 2. The predicted molar refractivity (Wildman–Crippen MR) is 516 cm³/mol. The van der Waals surface area contributed by atoms with Crippen LogP contribution >= 0.6 is 93.6 Å². The van der Waals surface area contributed by atoms with Gasteiger partial charge >= 0.3 is 11.9 Å². The van der Waals surface area contributed by atoms with Crippen LogP contribution in [0.1, 0.15) is 57.9 Å². The molecule has 3 unspecified atom stereocenters. The van der Waals surface area contributed by atoms with E-state index in [1.807, 2.05) is 113 Å². The number of hydrogen-bond acceptors (Lipinski definition) is 24. The van der Waals surface area contributed by atoms with Crippen molar-refractivity contribution in [3.8, 4) is 0 Å². The molecule has 3 atom stereocenters. The van der Waals surface area contributed by atoms with Gasteiger partial charge in [0, 0.05) is 199 Å². The van der Waals surface area contributed by atoms with Gasteiger partial charge in [0.1, 0.15) is 17.3 Å². The van der Waals surface area contributed by atoms with Crippen LogP contribution < -0.4 is 31.9 Å². The zero-order valence-electron chi connectivity index (χ0n) is 69.7. The Morgan fingerprint density at radius 1 is 0.379 bits per heavy atom. The van der Waals surface area contributed by atoms with Crippen LogP contribution in [0.15, 0.2) is 304 Å². The maximum atomic E-state index is 11.9. The van der Waals surface area contributed by atoms with Gasteiger partial charge in [0.2, 0.25) is 0 Å². The number of anilines is 5. The summed E-state index contributed by atoms with van der Waals surface area (Å²) in [6.45, 7) is 21.5. The van der Waals surface area contributed by atoms with Gasteiger partial charge < -0.3 is 71.6 Å². The van der Waals surface area contributed by atoms with E-state index in [1.165, 1.54) is 72.9 Å². The normalized spacial score (nSPS) is 17.2. The maximum Gasteiger partial charge on any atom is 0.328 e. The Balaban J connectivity index is 0.000000145. The molecule has 10 aromatic rings. The van der Waals surface area contributed by atoms with Gasteiger partial charge in [0.15, 0.2) is 0 Å². The van der Waals surface area contributed by atoms with Gasteiger partial charge in [0.25, 0.3) is 5.91 Å². The lowest BCUT2D eigenvalue weighted by Crippen LogP contribution is -2.49. The summed E-state index contributed by atoms with van der Waals surface area (Å²) in [7, 11) is 0. The number of aliphatic hydroxyl groups is 3. The number of amides is 1. The molecule has 0 bridgehead atoms. The average Bonchev–Trinajstić information content (AvgIpc) is 1.70. The summed E-state index contributed by atoms with van der Waals surface area (Å²) in [4.78, 5) is 58.6. The zero-order valence-corrected chi connectivity index (χ0v) is 76.8. The summed E-state index contributed by atoms with van der Waals surface area (Å²) < 4.78 is 16.0. The number of carbonyl (C=O) groups excluding carboxylic acids is 1. The SMILES string of the molecule is CC1Nc2ccccc2Sc2ccccc21.CI.O=C(O)/C=C/C(=O)O.O=C1Nc2ccccc2Sc2ccccc21.OCCOCCN1CCN(C2Nc3ccccc3Sc3ccccc32)CC1.OCCOCCN1CCN(C2Nc3ccccc3Sc3ccccc32)CC1.OCCOCCN1CCNCC1.S=C1Nc2ccccc2Sc2ccccc21. The van der Waals surface area contributed by atoms with Crippen molar-refractivity contribution in [1.82, 2.24) is 29.8 Å². The third-order valence-corrected chi connectivity index (χ3v) is 26.7. The van der Waals surface area contributed by atoms with E-state index in [1.54, 1.807) is 23.5 Å². The van der Waals surface area contributed by atoms with Crippen LogP contribution in [0.4, 0.5) is 28.4 Å². The van der Waals surface area contributed by atoms with Gasteiger partial charge in [-0.3, -0.25) is 29.3 Å². The Labute approximate surface area is 768 Å². The lowest BCUT2D eigenvalue weighted by atomic mass is 10.1. The second kappa shape index (κ2) is 52.7. The fraction of sp³-hybridized carbons (Fsp3) is 0.305. The van der Waals surface area contributed by atoms with Gasteiger partial charge in [-0.1, -0.05) is 239 Å². The quantitative estimate of drug-likeness (QED) is 0.0118. The number of rotatable bonds is 19. The molecule has 8 aliphatic rings. The lowest BCUT2D eigenvalue weighted by molar-refractivity contribution is -0.134. The van der Waals surface area contributed by atoms with E-state index >= 15 is 0 Å². The number of halogens is 1. The molecule has 124 heavy (non-hydrogen) atoms. The number of benzene rings is 10. The second-order valence-electron chi connectivity index (χ2n) is 28.8. The molecule has 10 aromatic carbocycles. The smallest absolute Gasteiger partial charge is 0.328 e. The number of aliphatic hydroxyl groups excluding tert-OH is 3. The van der Waals surface area contributed by atoms with E-state index in [-0.39, 0.29) is 38.1 Å². The minimum Gasteiger partial charge on any atom is -0.478 e. The molecular formula is C95H110IN11O11S6. The average molecular weight is 1900 g/mol. The first-order chi connectivity index (χ1) is 60.8. The summed E-state index contributed by atoms with van der Waals surface area (Å²) in [5.41, 5.74) is 11.6. The molecule has 0 aliphatic carbocycles. The first-order valence-electron chi connectivity index (χ1n) is 41.4. The third kappa shape index (κ3) is 29.6. The van der Waals surface area contributed by atoms with Crippen molar-refractivity contribution in [3.05, 3.63) is 283 Å². The van der Waals surface area contributed by atoms with Crippen LogP contribution in [0.5, 0.6) is 0 Å². The number of piperazine rings is 3. The van der Waals surface area contributed by atoms with Crippen molar-refractivity contribution < 1.29 is 54.1 Å². The molecule has 0 radical (unpaired) electrons. The second-order valence-corrected chi connectivity index (χ2v) is 34.7. The Hall–Kier alpha value is -8.36. The molecule has 3 saturated heterocycles. The van der Waals surface area contributed by atoms with Crippen molar-refractivity contribution in [2.45, 2.75) is 74.3 Å². The van der Waals surface area contributed by atoms with Crippen LogP contribution in [0.3, 0.4) is 0 Å². The molecule has 654 valence electrons. The van der Waals surface area contributed by atoms with Crippen LogP contribution in [-0.4, -0.2) is 235 Å². The molecule has 8 heterocycles. The van der Waals surface area contributed by atoms with Crippen molar-refractivity contribution in [3.63, 3.8) is 0 Å². The first kappa shape index (κ1) is 96.3. The largest absolute Gasteiger partial charge is 0.478 e. The lowest BCUT2D eigenvalue weighted by Gasteiger charge is -2.40. The van der Waals surface area contributed by atoms with E-state index < -0.39 is 11.9 Å². The minimum absolute atomic E-state index is 0.0342. The van der Waals surface area contributed by atoms with Crippen molar-refractivity contribution in [2.24, 2.45) is 0 Å². The predicted octanol–water partition coefficient (Wildman–Crippen LogP) is 17.1. The fourth-order valence-electron chi connectivity index (χ4n) is 14.3. The number of para-hydroxylation sites is 5. The highest BCUT2D eigenvalue weighted by molar-refractivity contribution is 14.1. The van der Waals surface area contributed by atoms with Crippen LogP contribution in [0.25, 0.3) is 0 Å². The topological polar surface area (TPSA) is 268 Å². The van der Waals surface area contributed by atoms with E-state index in [9.17, 15) is 14.4 Å². The number of carboxylic acids is 2. The Kier molecular flexibility index (Phi) is 40.9. The summed E-state index contributed by atoms with van der Waals surface area (Å²) >= 11 is 16.5. The Morgan fingerprint density at radius 2 is 0.677 bits per heavy atom. The summed E-state index contributed by atoms with van der Waals surface area (Å²) in [5.74, 6) is -2.55. The number of aliphatic carboxylic acids is 2. The van der Waals surface area contributed by atoms with Crippen molar-refractivity contribution >= 4 is 145 Å². The zero-order chi connectivity index (χ0) is 87.0. The Bertz CT molecular complexity index is 4800. The highest BCUT2D eigenvalue weighted by Gasteiger charge is 2.32. The summed E-state index contributed by atoms with van der Waals surface area (Å²) in [5, 5.41) is 62.3. The maximum absolute atomic E-state index is 11.9. The molecule has 0 saturated carbocycles. The highest BCUT2D eigenvalue weighted by atomic mass is 127. The number of nitrogens with zero attached hydrogens (tertiary/aromatic N) is 5. The first-order valence-corrected chi connectivity index (χ1v) is 48.1. The summed E-state index contributed by atoms with van der Waals surface area (Å²) in [6, 6.07) is 84.0. The number of thiocarbonyl (C=S) groups is 1. The fourth-order valence-corrected chi connectivity index (χ4v) is 20.0. The Morgan fingerprint density at radius 3 is 1.08 bits per heavy atom. The number of fused-ring (bicyclic) bond motifs is 10. The standard InChI is InChI=1S/2C21H27N3O2S.C14H13NS.C13H9NOS.C13H9NS2.C8H18N2O2.C4H4O4.CH3I/c2*25-14-16-26-15-13-23-9-11-24(12-10-23)21-17-5-1-3-7-19(17)27-20-8-4-2-6-18(20)22-21;1-10-11-6-2-4-8-13(11)16-14-9-5-3-7-12(14)15-10;2*15-13-9-5-1-3-7-11(9)16-12-8-4-2-6-10(12)14-13;11-6-8-12-7-5-10-3-1-9-2-4-10;5-3(6)1-2-4(7)8;1-2/h2*1-8,21-22,25H,9-16H2;2-10,15H,1H3;2*1-8H,(H,14,15);9,11H,1-8H2;1-2H,(H,5,6)(H,7,8);1H3/b;;;;;;2-1+;. The van der Waals surface area contributed by atoms with Crippen LogP contribution in [0.2, 0.25) is 0 Å². The minimum atomic E-state index is -1.26. The number of hydrogen-bond donors (Lipinski definition) is 11. The third-order valence-electron chi connectivity index (χ3n) is 20.5. The van der Waals surface area contributed by atoms with Crippen LogP contribution in [0, 0.1) is 0 Å². The number of ether oxygens (including phenoxy) is 3. The molecule has 29 heteroatoms. The molecule has 0 aromatic heterocycles. The number of alkyl halides is 1. The van der Waals surface area contributed by atoms with Gasteiger partial charge in [0.05, 0.1) is 76.4 Å². The van der Waals surface area contributed by atoms with E-state index in [4.69, 9.17) is 52.0 Å². The molecule has 18 rings (SSSR count). The molecule has 22 nitrogen and oxygen atoms in total. The van der Waals surface area contributed by atoms with Crippen molar-refractivity contribution in [2.75, 3.05) is 189 Å². The highest BCUT2D eigenvalue weighted by Crippen LogP contribution is 2.47. The van der Waals surface area contributed by atoms with Gasteiger partial charge in [-0.2, -0.15) is 0 Å². The van der Waals surface area contributed by atoms with Gasteiger partial charge in [-0.25, -0.2) is 9.59 Å². The molecule has 0 spiro atoms. The van der Waals surface area contributed by atoms with Gasteiger partial charge in [-0.15, -0.1) is 0 Å². The van der Waals surface area contributed by atoms with Crippen molar-refractivity contribution in [1.29, 1.82) is 0 Å². The molecular weight excluding hydrogens is 1790 g/mol. The number of carbonyl (C=O) groups is 3. The number of nitrogens with one attached hydrogen (secondary N) is 6.